The molecular formula is C12H9N3O6S. The van der Waals surface area contributed by atoms with Crippen molar-refractivity contribution in [3.8, 4) is 0 Å². The van der Waals surface area contributed by atoms with Gasteiger partial charge >= 0.3 is 11.9 Å². The first-order chi connectivity index (χ1) is 10.5. The molecule has 1 amide bonds. The van der Waals surface area contributed by atoms with Crippen molar-refractivity contribution >= 4 is 40.8 Å². The number of nitro groups is 1. The van der Waals surface area contributed by atoms with Crippen molar-refractivity contribution in [2.75, 3.05) is 6.54 Å². The van der Waals surface area contributed by atoms with E-state index in [-0.39, 0.29) is 16.8 Å². The zero-order valence-corrected chi connectivity index (χ0v) is 11.7. The van der Waals surface area contributed by atoms with Gasteiger partial charge in [-0.05, 0) is 30.0 Å². The molecule has 0 unspecified atom stereocenters. The summed E-state index contributed by atoms with van der Waals surface area (Å²) in [5.41, 5.74) is 0. The Morgan fingerprint density at radius 2 is 2.32 bits per heavy atom. The fraction of sp³-hybridized carbons (Fsp3) is 0.0833. The molecule has 1 aromatic rings. The number of nitrogens with one attached hydrogen (secondary N) is 1. The van der Waals surface area contributed by atoms with E-state index in [1.165, 1.54) is 30.4 Å². The van der Waals surface area contributed by atoms with E-state index in [0.29, 0.717) is 4.91 Å². The van der Waals surface area contributed by atoms with Crippen LogP contribution in [0.2, 0.25) is 0 Å². The second-order valence-corrected chi connectivity index (χ2v) is 4.93. The maximum absolute atomic E-state index is 11.6. The molecule has 1 aromatic heterocycles. The lowest BCUT2D eigenvalue weighted by molar-refractivity contribution is -0.402. The van der Waals surface area contributed by atoms with Crippen LogP contribution in [0.25, 0.3) is 6.08 Å². The summed E-state index contributed by atoms with van der Waals surface area (Å²) in [5, 5.41) is 21.6. The highest BCUT2D eigenvalue weighted by molar-refractivity contribution is 8.18. The van der Waals surface area contributed by atoms with E-state index in [2.05, 4.69) is 10.3 Å². The molecule has 0 bridgehead atoms. The molecule has 1 fully saturated rings. The van der Waals surface area contributed by atoms with Crippen molar-refractivity contribution in [1.29, 1.82) is 0 Å². The van der Waals surface area contributed by atoms with Crippen molar-refractivity contribution < 1.29 is 24.0 Å². The summed E-state index contributed by atoms with van der Waals surface area (Å²) in [7, 11) is 0. The van der Waals surface area contributed by atoms with E-state index in [4.69, 9.17) is 9.52 Å². The summed E-state index contributed by atoms with van der Waals surface area (Å²) in [6.07, 6.45) is 4.42. The quantitative estimate of drug-likeness (QED) is 0.475. The van der Waals surface area contributed by atoms with Crippen LogP contribution in [0.3, 0.4) is 0 Å². The number of hydrogen-bond donors (Lipinski definition) is 2. The largest absolute Gasteiger partial charge is 0.480 e. The number of carboxylic acid groups (broad SMARTS) is 1. The van der Waals surface area contributed by atoms with Crippen LogP contribution in [0, 0.1) is 10.1 Å². The summed E-state index contributed by atoms with van der Waals surface area (Å²) >= 11 is 1.00. The summed E-state index contributed by atoms with van der Waals surface area (Å²) in [5.74, 6) is -1.60. The number of furan rings is 1. The highest BCUT2D eigenvalue weighted by Crippen LogP contribution is 2.24. The number of hydrogen-bond acceptors (Lipinski definition) is 7. The first-order valence-electron chi connectivity index (χ1n) is 5.84. The Bertz CT molecular complexity index is 718. The number of aliphatic imine (C=N–C) groups is 1. The highest BCUT2D eigenvalue weighted by Gasteiger charge is 2.23. The highest BCUT2D eigenvalue weighted by atomic mass is 32.2. The molecule has 1 saturated heterocycles. The number of carbonyl (C=O) groups excluding carboxylic acids is 1. The Kier molecular flexibility index (Phi) is 4.73. The van der Waals surface area contributed by atoms with Crippen LogP contribution in [0.5, 0.6) is 0 Å². The van der Waals surface area contributed by atoms with E-state index in [9.17, 15) is 19.7 Å². The fourth-order valence-corrected chi connectivity index (χ4v) is 2.19. The molecule has 114 valence electrons. The maximum Gasteiger partial charge on any atom is 0.433 e. The molecule has 9 nitrogen and oxygen atoms in total. The Morgan fingerprint density at radius 3 is 2.95 bits per heavy atom. The van der Waals surface area contributed by atoms with E-state index in [0.717, 1.165) is 11.8 Å². The van der Waals surface area contributed by atoms with Crippen LogP contribution in [-0.4, -0.2) is 33.6 Å². The zero-order valence-electron chi connectivity index (χ0n) is 10.9. The van der Waals surface area contributed by atoms with Gasteiger partial charge in [0.2, 0.25) is 0 Å². The molecule has 0 aromatic carbocycles. The van der Waals surface area contributed by atoms with Crippen LogP contribution < -0.4 is 5.32 Å². The van der Waals surface area contributed by atoms with Gasteiger partial charge in [-0.2, -0.15) is 0 Å². The van der Waals surface area contributed by atoms with Gasteiger partial charge in [-0.25, -0.2) is 0 Å². The van der Waals surface area contributed by atoms with Gasteiger partial charge in [-0.15, -0.1) is 0 Å². The molecule has 2 N–H and O–H groups in total. The Balaban J connectivity index is 2.02. The molecule has 0 radical (unpaired) electrons. The number of carboxylic acids is 1. The van der Waals surface area contributed by atoms with Gasteiger partial charge < -0.3 is 14.8 Å². The number of thioether (sulfide) groups is 1. The molecule has 2 heterocycles. The van der Waals surface area contributed by atoms with Gasteiger partial charge in [0, 0.05) is 0 Å². The van der Waals surface area contributed by atoms with Gasteiger partial charge in [0.25, 0.3) is 5.91 Å². The number of amidine groups is 1. The summed E-state index contributed by atoms with van der Waals surface area (Å²) in [4.78, 5) is 35.8. The maximum atomic E-state index is 11.6. The minimum atomic E-state index is -1.10. The van der Waals surface area contributed by atoms with Crippen LogP contribution >= 0.6 is 11.8 Å². The smallest absolute Gasteiger partial charge is 0.433 e. The molecular weight excluding hydrogens is 314 g/mol. The second-order valence-electron chi connectivity index (χ2n) is 3.89. The summed E-state index contributed by atoms with van der Waals surface area (Å²) < 4.78 is 4.91. The van der Waals surface area contributed by atoms with Gasteiger partial charge in [0.1, 0.15) is 17.2 Å². The van der Waals surface area contributed by atoms with Crippen molar-refractivity contribution in [2.45, 2.75) is 0 Å². The van der Waals surface area contributed by atoms with E-state index in [1.807, 2.05) is 0 Å². The Labute approximate surface area is 127 Å². The van der Waals surface area contributed by atoms with Gasteiger partial charge in [0.15, 0.2) is 5.17 Å². The van der Waals surface area contributed by atoms with Crippen LogP contribution in [-0.2, 0) is 9.59 Å². The predicted molar refractivity (Wildman–Crippen MR) is 78.2 cm³/mol. The van der Waals surface area contributed by atoms with Crippen LogP contribution in [0.15, 0.2) is 38.6 Å². The van der Waals surface area contributed by atoms with Crippen molar-refractivity contribution in [3.63, 3.8) is 0 Å². The van der Waals surface area contributed by atoms with Crippen LogP contribution in [0.4, 0.5) is 5.88 Å². The molecule has 10 heteroatoms. The molecule has 1 aliphatic rings. The SMILES string of the molecule is O=C(O)CN=C1NC(=O)/C(=C/C=C/c2ccc([N+](=O)[O-])o2)S1. The third-order valence-electron chi connectivity index (χ3n) is 2.31. The van der Waals surface area contributed by atoms with Crippen molar-refractivity contribution in [1.82, 2.24) is 5.32 Å². The lowest BCUT2D eigenvalue weighted by atomic mass is 10.3. The van der Waals surface area contributed by atoms with Crippen molar-refractivity contribution in [3.05, 3.63) is 45.1 Å². The number of amides is 1. The molecule has 0 saturated carbocycles. The zero-order chi connectivity index (χ0) is 16.1. The number of nitrogens with zero attached hydrogens (tertiary/aromatic N) is 2. The fourth-order valence-electron chi connectivity index (χ4n) is 1.42. The standard InChI is InChI=1S/C12H9N3O6S/c16-10(17)6-13-12-14-11(18)8(22-12)3-1-2-7-4-5-9(21-7)15(19)20/h1-5H,6H2,(H,16,17)(H,13,14,18)/b2-1+,8-3-. The minimum absolute atomic E-state index is 0.209. The van der Waals surface area contributed by atoms with Crippen molar-refractivity contribution in [2.24, 2.45) is 4.99 Å². The minimum Gasteiger partial charge on any atom is -0.480 e. The summed E-state index contributed by atoms with van der Waals surface area (Å²) in [6.45, 7) is -0.429. The lowest BCUT2D eigenvalue weighted by Crippen LogP contribution is -2.20. The third-order valence-corrected chi connectivity index (χ3v) is 3.28. The van der Waals surface area contributed by atoms with Gasteiger partial charge in [-0.3, -0.25) is 24.7 Å². The lowest BCUT2D eigenvalue weighted by Gasteiger charge is -1.90. The first-order valence-corrected chi connectivity index (χ1v) is 6.65. The number of aliphatic carboxylic acids is 1. The predicted octanol–water partition coefficient (Wildman–Crippen LogP) is 1.39. The van der Waals surface area contributed by atoms with E-state index < -0.39 is 23.3 Å². The van der Waals surface area contributed by atoms with Crippen LogP contribution in [0.1, 0.15) is 5.76 Å². The monoisotopic (exact) mass is 323 g/mol. The average molecular weight is 323 g/mol. The average Bonchev–Trinajstić information content (AvgIpc) is 3.04. The third kappa shape index (κ3) is 4.06. The Morgan fingerprint density at radius 1 is 1.55 bits per heavy atom. The summed E-state index contributed by atoms with van der Waals surface area (Å²) in [6, 6.07) is 2.65. The number of carbonyl (C=O) groups is 2. The van der Waals surface area contributed by atoms with E-state index in [1.54, 1.807) is 0 Å². The molecule has 2 rings (SSSR count). The number of rotatable bonds is 5. The first kappa shape index (κ1) is 15.5. The molecule has 0 spiro atoms. The molecule has 22 heavy (non-hydrogen) atoms. The topological polar surface area (TPSA) is 135 Å². The van der Waals surface area contributed by atoms with E-state index >= 15 is 0 Å². The number of allylic oxidation sites excluding steroid dienone is 2. The molecule has 0 aliphatic carbocycles. The van der Waals surface area contributed by atoms with Gasteiger partial charge in [0.05, 0.1) is 11.0 Å². The molecule has 1 aliphatic heterocycles. The normalized spacial score (nSPS) is 18.3. The molecule has 0 atom stereocenters. The second kappa shape index (κ2) is 6.72. The Hall–Kier alpha value is -2.88. The van der Waals surface area contributed by atoms with Gasteiger partial charge in [-0.1, -0.05) is 6.08 Å².